The van der Waals surface area contributed by atoms with Crippen molar-refractivity contribution >= 4 is 23.7 Å². The molecule has 2 aromatic heterocycles. The van der Waals surface area contributed by atoms with Crippen LogP contribution in [0.1, 0.15) is 18.2 Å². The van der Waals surface area contributed by atoms with Crippen LogP contribution in [-0.4, -0.2) is 20.9 Å². The molecule has 6 nitrogen and oxygen atoms in total. The minimum atomic E-state index is -0.576. The number of aliphatic imine (C=N–C) groups is 1. The van der Waals surface area contributed by atoms with E-state index in [0.717, 1.165) is 15.7 Å². The average Bonchev–Trinajstić information content (AvgIpc) is 2.93. The van der Waals surface area contributed by atoms with Crippen molar-refractivity contribution in [3.63, 3.8) is 0 Å². The smallest absolute Gasteiger partial charge is 0.422 e. The first-order valence-electron chi connectivity index (χ1n) is 5.84. The molecule has 0 saturated heterocycles. The summed E-state index contributed by atoms with van der Waals surface area (Å²) in [5.41, 5.74) is 1.59. The molecule has 0 radical (unpaired) electrons. The molecule has 3 rings (SSSR count). The van der Waals surface area contributed by atoms with E-state index < -0.39 is 5.76 Å². The molecule has 3 heterocycles. The number of hydrogen-bond donors (Lipinski definition) is 1. The molecule has 1 aliphatic rings. The Labute approximate surface area is 108 Å². The van der Waals surface area contributed by atoms with Gasteiger partial charge < -0.3 is 9.52 Å². The third-order valence-corrected chi connectivity index (χ3v) is 2.92. The van der Waals surface area contributed by atoms with Crippen molar-refractivity contribution < 1.29 is 9.52 Å². The number of nitrogens with zero attached hydrogens (tertiary/aromatic N) is 3. The third kappa shape index (κ3) is 1.77. The Kier molecular flexibility index (Phi) is 2.56. The minimum Gasteiger partial charge on any atom is -0.492 e. The van der Waals surface area contributed by atoms with Crippen LogP contribution in [0.2, 0.25) is 0 Å². The monoisotopic (exact) mass is 257 g/mol. The molecule has 0 unspecified atom stereocenters. The molecule has 0 fully saturated rings. The lowest BCUT2D eigenvalue weighted by Crippen LogP contribution is -2.11. The van der Waals surface area contributed by atoms with E-state index >= 15 is 0 Å². The van der Waals surface area contributed by atoms with Crippen molar-refractivity contribution in [2.45, 2.75) is 13.5 Å². The first-order chi connectivity index (χ1) is 9.20. The van der Waals surface area contributed by atoms with Crippen molar-refractivity contribution in [1.29, 1.82) is 0 Å². The summed E-state index contributed by atoms with van der Waals surface area (Å²) in [6, 6.07) is 3.67. The van der Waals surface area contributed by atoms with Crippen LogP contribution in [0, 0.1) is 0 Å². The highest BCUT2D eigenvalue weighted by molar-refractivity contribution is 6.20. The Hall–Kier alpha value is -2.63. The van der Waals surface area contributed by atoms with Gasteiger partial charge in [0.25, 0.3) is 0 Å². The molecule has 96 valence electrons. The molecule has 0 aliphatic carbocycles. The van der Waals surface area contributed by atoms with Gasteiger partial charge in [-0.2, -0.15) is 0 Å². The second-order valence-corrected chi connectivity index (χ2v) is 4.03. The number of fused-ring (bicyclic) bond motifs is 1. The molecule has 1 N–H and O–H groups in total. The Morgan fingerprint density at radius 1 is 1.53 bits per heavy atom. The summed E-state index contributed by atoms with van der Waals surface area (Å²) >= 11 is 0. The Morgan fingerprint density at radius 3 is 3.11 bits per heavy atom. The first kappa shape index (κ1) is 11.5. The van der Waals surface area contributed by atoms with Gasteiger partial charge in [-0.3, -0.25) is 0 Å². The van der Waals surface area contributed by atoms with Gasteiger partial charge in [0.2, 0.25) is 5.88 Å². The summed E-state index contributed by atoms with van der Waals surface area (Å²) in [6.07, 6.45) is 4.87. The van der Waals surface area contributed by atoms with Gasteiger partial charge in [-0.1, -0.05) is 0 Å². The number of hydrogen-bond acceptors (Lipinski definition) is 5. The van der Waals surface area contributed by atoms with E-state index in [0.29, 0.717) is 12.4 Å². The van der Waals surface area contributed by atoms with E-state index in [1.165, 1.54) is 0 Å². The van der Waals surface area contributed by atoms with Crippen LogP contribution >= 0.6 is 0 Å². The summed E-state index contributed by atoms with van der Waals surface area (Å²) in [5, 5.41) is 9.88. The fraction of sp³-hybridized carbons (Fsp3) is 0.154. The quantitative estimate of drug-likeness (QED) is 0.889. The Bertz CT molecular complexity index is 753. The van der Waals surface area contributed by atoms with Gasteiger partial charge >= 0.3 is 5.76 Å². The molecule has 0 spiro atoms. The van der Waals surface area contributed by atoms with Crippen LogP contribution in [0.15, 0.2) is 32.5 Å². The zero-order valence-electron chi connectivity index (χ0n) is 10.2. The highest BCUT2D eigenvalue weighted by atomic mass is 16.4. The van der Waals surface area contributed by atoms with Gasteiger partial charge in [-0.25, -0.2) is 19.3 Å². The Balaban J connectivity index is 2.10. The average molecular weight is 257 g/mol. The van der Waals surface area contributed by atoms with Crippen molar-refractivity contribution in [1.82, 2.24) is 9.55 Å². The fourth-order valence-electron chi connectivity index (χ4n) is 1.97. The van der Waals surface area contributed by atoms with Crippen molar-refractivity contribution in [3.05, 3.63) is 40.2 Å². The second-order valence-electron chi connectivity index (χ2n) is 4.03. The van der Waals surface area contributed by atoms with Crippen LogP contribution in [0.3, 0.4) is 0 Å². The predicted molar refractivity (Wildman–Crippen MR) is 70.6 cm³/mol. The number of allylic oxidation sites excluding steroid dienone is 1. The maximum absolute atomic E-state index is 11.5. The molecule has 0 atom stereocenters. The molecule has 0 aromatic carbocycles. The Morgan fingerprint density at radius 2 is 2.37 bits per heavy atom. The first-order valence-corrected chi connectivity index (χ1v) is 5.84. The summed E-state index contributed by atoms with van der Waals surface area (Å²) in [6.45, 7) is 2.10. The van der Waals surface area contributed by atoms with Crippen LogP contribution in [-0.2, 0) is 6.54 Å². The summed E-state index contributed by atoms with van der Waals surface area (Å²) in [4.78, 5) is 19.7. The lowest BCUT2D eigenvalue weighted by atomic mass is 10.1. The van der Waals surface area contributed by atoms with E-state index in [2.05, 4.69) is 9.98 Å². The lowest BCUT2D eigenvalue weighted by molar-refractivity contribution is 0.417. The number of rotatable bonds is 2. The fourth-order valence-corrected chi connectivity index (χ4v) is 1.97. The van der Waals surface area contributed by atoms with Crippen molar-refractivity contribution in [2.75, 3.05) is 0 Å². The van der Waals surface area contributed by atoms with Crippen molar-refractivity contribution in [2.24, 2.45) is 4.99 Å². The van der Waals surface area contributed by atoms with E-state index in [-0.39, 0.29) is 11.6 Å². The summed E-state index contributed by atoms with van der Waals surface area (Å²) < 4.78 is 6.17. The molecule has 1 aliphatic heterocycles. The van der Waals surface area contributed by atoms with Gasteiger partial charge in [0.05, 0.1) is 0 Å². The van der Waals surface area contributed by atoms with E-state index in [9.17, 15) is 9.90 Å². The highest BCUT2D eigenvalue weighted by Gasteiger charge is 2.17. The van der Waals surface area contributed by atoms with Crippen LogP contribution in [0.25, 0.3) is 11.6 Å². The molecular formula is C13H11N3O3. The molecule has 19 heavy (non-hydrogen) atoms. The number of pyridine rings is 1. The lowest BCUT2D eigenvalue weighted by Gasteiger charge is -1.97. The summed E-state index contributed by atoms with van der Waals surface area (Å²) in [7, 11) is 0. The topological polar surface area (TPSA) is 80.6 Å². The van der Waals surface area contributed by atoms with E-state index in [1.54, 1.807) is 31.5 Å². The highest BCUT2D eigenvalue weighted by Crippen LogP contribution is 2.31. The molecule has 0 bridgehead atoms. The van der Waals surface area contributed by atoms with Gasteiger partial charge in [0.1, 0.15) is 0 Å². The maximum atomic E-state index is 11.5. The third-order valence-electron chi connectivity index (χ3n) is 2.92. The normalized spacial score (nSPS) is 15.1. The standard InChI is InChI=1S/C13H11N3O3/c1-2-16-12(17)10(19-13(16)18)6-8-7-15-11-9(8)4-3-5-14-11/h3-7,17H,2H2,1H3/b8-6+. The minimum absolute atomic E-state index is 0.130. The predicted octanol–water partition coefficient (Wildman–Crippen LogP) is 1.82. The largest absolute Gasteiger partial charge is 0.492 e. The molecular weight excluding hydrogens is 246 g/mol. The van der Waals surface area contributed by atoms with Gasteiger partial charge in [0.15, 0.2) is 11.6 Å². The van der Waals surface area contributed by atoms with Crippen LogP contribution in [0.4, 0.5) is 5.82 Å². The van der Waals surface area contributed by atoms with Crippen LogP contribution in [0.5, 0.6) is 5.88 Å². The summed E-state index contributed by atoms with van der Waals surface area (Å²) in [5.74, 6) is -0.00514. The van der Waals surface area contributed by atoms with Gasteiger partial charge in [-0.15, -0.1) is 0 Å². The zero-order valence-corrected chi connectivity index (χ0v) is 10.2. The molecule has 2 aromatic rings. The second kappa shape index (κ2) is 4.24. The van der Waals surface area contributed by atoms with E-state index in [4.69, 9.17) is 4.42 Å². The zero-order chi connectivity index (χ0) is 13.4. The van der Waals surface area contributed by atoms with Gasteiger partial charge in [0, 0.05) is 30.1 Å². The van der Waals surface area contributed by atoms with Gasteiger partial charge in [-0.05, 0) is 25.1 Å². The number of aromatic nitrogens is 2. The van der Waals surface area contributed by atoms with Crippen LogP contribution < -0.4 is 5.76 Å². The molecule has 0 amide bonds. The van der Waals surface area contributed by atoms with E-state index in [1.807, 2.05) is 6.07 Å². The molecule has 6 heteroatoms. The van der Waals surface area contributed by atoms with Crippen molar-refractivity contribution in [3.8, 4) is 5.88 Å². The number of aromatic hydroxyl groups is 1. The SMILES string of the molecule is CCn1c(O)c(/C=C2\C=Nc3ncccc32)oc1=O. The maximum Gasteiger partial charge on any atom is 0.422 e. The molecule has 0 saturated carbocycles. The number of oxazole rings is 1.